The van der Waals surface area contributed by atoms with Crippen LogP contribution in [0.1, 0.15) is 47.4 Å². The van der Waals surface area contributed by atoms with Crippen molar-refractivity contribution in [1.82, 2.24) is 15.1 Å². The Morgan fingerprint density at radius 2 is 1.57 bits per heavy atom. The van der Waals surface area contributed by atoms with Crippen LogP contribution < -0.4 is 19.5 Å². The van der Waals surface area contributed by atoms with Crippen molar-refractivity contribution in [2.75, 3.05) is 53.5 Å². The minimum atomic E-state index is -2.70. The number of carbonyl (C=O) groups is 2. The van der Waals surface area contributed by atoms with E-state index in [4.69, 9.17) is 14.2 Å². The van der Waals surface area contributed by atoms with Gasteiger partial charge in [0, 0.05) is 64.4 Å². The summed E-state index contributed by atoms with van der Waals surface area (Å²) < 4.78 is 43.0. The number of ether oxygens (including phenoxy) is 3. The van der Waals surface area contributed by atoms with E-state index in [2.05, 4.69) is 5.32 Å². The normalized spacial score (nSPS) is 19.6. The summed E-state index contributed by atoms with van der Waals surface area (Å²) >= 11 is 0. The SMILES string of the molecule is COc1cc2c(cc1OC)CCN(C(=O)CCNCC1Cc3cc(OC(=O)N4CCC(F)(F)CC4)ccc31)CC2. The zero-order valence-corrected chi connectivity index (χ0v) is 23.1. The van der Waals surface area contributed by atoms with E-state index in [9.17, 15) is 18.4 Å². The number of likely N-dealkylation sites (tertiary alicyclic amines) is 1. The fourth-order valence-corrected chi connectivity index (χ4v) is 5.76. The predicted molar refractivity (Wildman–Crippen MR) is 146 cm³/mol. The molecule has 1 unspecified atom stereocenters. The molecule has 216 valence electrons. The van der Waals surface area contributed by atoms with Crippen LogP contribution in [0, 0.1) is 0 Å². The summed E-state index contributed by atoms with van der Waals surface area (Å²) in [4.78, 5) is 28.5. The molecule has 1 aliphatic carbocycles. The first-order valence-corrected chi connectivity index (χ1v) is 14.0. The Balaban J connectivity index is 1.03. The van der Waals surface area contributed by atoms with E-state index in [0.29, 0.717) is 49.2 Å². The van der Waals surface area contributed by atoms with Gasteiger partial charge in [-0.05, 0) is 65.8 Å². The van der Waals surface area contributed by atoms with Crippen LogP contribution >= 0.6 is 0 Å². The second kappa shape index (κ2) is 12.0. The fraction of sp³-hybridized carbons (Fsp3) is 0.533. The van der Waals surface area contributed by atoms with Crippen LogP contribution in [-0.4, -0.2) is 81.2 Å². The van der Waals surface area contributed by atoms with Crippen molar-refractivity contribution in [3.05, 3.63) is 52.6 Å². The number of hydrogen-bond donors (Lipinski definition) is 1. The van der Waals surface area contributed by atoms with Gasteiger partial charge in [0.1, 0.15) is 5.75 Å². The molecule has 5 rings (SSSR count). The number of halogens is 2. The quantitative estimate of drug-likeness (QED) is 0.491. The number of alkyl halides is 2. The second-order valence-electron chi connectivity index (χ2n) is 10.8. The highest BCUT2D eigenvalue weighted by Gasteiger charge is 2.36. The molecular weight excluding hydrogens is 520 g/mol. The van der Waals surface area contributed by atoms with E-state index in [1.165, 1.54) is 21.6 Å². The highest BCUT2D eigenvalue weighted by Crippen LogP contribution is 2.37. The van der Waals surface area contributed by atoms with Gasteiger partial charge in [0.05, 0.1) is 14.2 Å². The lowest BCUT2D eigenvalue weighted by molar-refractivity contribution is -0.131. The third-order valence-electron chi connectivity index (χ3n) is 8.25. The van der Waals surface area contributed by atoms with Gasteiger partial charge in [-0.25, -0.2) is 13.6 Å². The van der Waals surface area contributed by atoms with Crippen LogP contribution in [0.3, 0.4) is 0 Å². The van der Waals surface area contributed by atoms with Gasteiger partial charge in [-0.2, -0.15) is 0 Å². The van der Waals surface area contributed by atoms with Crippen LogP contribution in [0.5, 0.6) is 17.2 Å². The molecule has 0 spiro atoms. The number of methoxy groups -OCH3 is 2. The number of nitrogens with one attached hydrogen (secondary N) is 1. The summed E-state index contributed by atoms with van der Waals surface area (Å²) in [6, 6.07) is 9.61. The van der Waals surface area contributed by atoms with E-state index >= 15 is 0 Å². The highest BCUT2D eigenvalue weighted by molar-refractivity contribution is 5.76. The van der Waals surface area contributed by atoms with Crippen molar-refractivity contribution in [3.63, 3.8) is 0 Å². The monoisotopic (exact) mass is 557 g/mol. The molecule has 1 saturated heterocycles. The van der Waals surface area contributed by atoms with Crippen molar-refractivity contribution >= 4 is 12.0 Å². The lowest BCUT2D eigenvalue weighted by Gasteiger charge is -2.32. The van der Waals surface area contributed by atoms with Gasteiger partial charge in [-0.3, -0.25) is 4.79 Å². The maximum Gasteiger partial charge on any atom is 0.415 e. The van der Waals surface area contributed by atoms with E-state index in [1.54, 1.807) is 20.3 Å². The Morgan fingerprint density at radius 3 is 2.17 bits per heavy atom. The Hall–Kier alpha value is -3.40. The van der Waals surface area contributed by atoms with Crippen molar-refractivity contribution in [1.29, 1.82) is 0 Å². The Kier molecular flexibility index (Phi) is 8.44. The second-order valence-corrected chi connectivity index (χ2v) is 10.8. The lowest BCUT2D eigenvalue weighted by Crippen LogP contribution is -2.44. The van der Waals surface area contributed by atoms with Crippen molar-refractivity contribution in [2.45, 2.75) is 50.4 Å². The molecule has 8 nitrogen and oxygen atoms in total. The fourth-order valence-electron chi connectivity index (χ4n) is 5.76. The molecule has 1 fully saturated rings. The third kappa shape index (κ3) is 6.32. The van der Waals surface area contributed by atoms with Crippen molar-refractivity contribution in [2.24, 2.45) is 0 Å². The number of fused-ring (bicyclic) bond motifs is 2. The van der Waals surface area contributed by atoms with Crippen molar-refractivity contribution in [3.8, 4) is 17.2 Å². The predicted octanol–water partition coefficient (Wildman–Crippen LogP) is 4.18. The summed E-state index contributed by atoms with van der Waals surface area (Å²) in [6.45, 7) is 2.77. The summed E-state index contributed by atoms with van der Waals surface area (Å²) in [7, 11) is 3.26. The summed E-state index contributed by atoms with van der Waals surface area (Å²) in [5, 5.41) is 3.42. The Labute approximate surface area is 233 Å². The van der Waals surface area contributed by atoms with Gasteiger partial charge in [0.25, 0.3) is 5.92 Å². The molecule has 2 amide bonds. The van der Waals surface area contributed by atoms with E-state index < -0.39 is 12.0 Å². The molecule has 0 saturated carbocycles. The first kappa shape index (κ1) is 28.1. The van der Waals surface area contributed by atoms with Crippen LogP contribution in [0.15, 0.2) is 30.3 Å². The molecule has 2 heterocycles. The number of amides is 2. The van der Waals surface area contributed by atoms with Gasteiger partial charge >= 0.3 is 6.09 Å². The van der Waals surface area contributed by atoms with Gasteiger partial charge in [-0.15, -0.1) is 0 Å². The van der Waals surface area contributed by atoms with Gasteiger partial charge in [0.15, 0.2) is 11.5 Å². The number of nitrogens with zero attached hydrogens (tertiary/aromatic N) is 2. The molecule has 0 radical (unpaired) electrons. The zero-order chi connectivity index (χ0) is 28.3. The number of rotatable bonds is 8. The molecule has 2 aliphatic heterocycles. The van der Waals surface area contributed by atoms with E-state index in [0.717, 1.165) is 31.4 Å². The summed E-state index contributed by atoms with van der Waals surface area (Å²) in [6.07, 6.45) is 1.64. The Morgan fingerprint density at radius 1 is 0.925 bits per heavy atom. The average Bonchev–Trinajstić information content (AvgIpc) is 3.14. The highest BCUT2D eigenvalue weighted by atomic mass is 19.3. The third-order valence-corrected chi connectivity index (χ3v) is 8.25. The lowest BCUT2D eigenvalue weighted by atomic mass is 9.77. The maximum atomic E-state index is 13.3. The van der Waals surface area contributed by atoms with E-state index in [-0.39, 0.29) is 31.8 Å². The smallest absolute Gasteiger partial charge is 0.415 e. The standard InChI is InChI=1S/C30H37F2N3O5/c1-38-26-17-20-6-11-34(12-7-21(20)18-27(26)39-2)28(36)5-10-33-19-23-15-22-16-24(3-4-25(22)23)40-29(37)35-13-8-30(31,32)9-14-35/h3-4,16-18,23,33H,5-15,19H2,1-2H3. The molecule has 3 aliphatic rings. The molecule has 1 atom stereocenters. The van der Waals surface area contributed by atoms with Gasteiger partial charge in [0.2, 0.25) is 5.91 Å². The first-order valence-electron chi connectivity index (χ1n) is 14.0. The molecular formula is C30H37F2N3O5. The number of hydrogen-bond acceptors (Lipinski definition) is 6. The van der Waals surface area contributed by atoms with Crippen LogP contribution in [0.25, 0.3) is 0 Å². The topological polar surface area (TPSA) is 80.3 Å². The number of benzene rings is 2. The van der Waals surface area contributed by atoms with Crippen LogP contribution in [-0.2, 0) is 24.1 Å². The first-order chi connectivity index (χ1) is 19.3. The van der Waals surface area contributed by atoms with Crippen LogP contribution in [0.4, 0.5) is 13.6 Å². The van der Waals surface area contributed by atoms with Crippen LogP contribution in [0.2, 0.25) is 0 Å². The summed E-state index contributed by atoms with van der Waals surface area (Å²) in [5.74, 6) is -0.338. The minimum Gasteiger partial charge on any atom is -0.493 e. The molecule has 0 bridgehead atoms. The molecule has 2 aromatic rings. The molecule has 0 aromatic heterocycles. The Bertz CT molecular complexity index is 1210. The molecule has 2 aromatic carbocycles. The number of piperidine rings is 1. The maximum absolute atomic E-state index is 13.3. The van der Waals surface area contributed by atoms with Gasteiger partial charge < -0.3 is 29.3 Å². The molecule has 40 heavy (non-hydrogen) atoms. The average molecular weight is 558 g/mol. The molecule has 1 N–H and O–H groups in total. The number of carbonyl (C=O) groups excluding carboxylic acids is 2. The zero-order valence-electron chi connectivity index (χ0n) is 23.1. The largest absolute Gasteiger partial charge is 0.493 e. The minimum absolute atomic E-state index is 0.00286. The van der Waals surface area contributed by atoms with Crippen molar-refractivity contribution < 1.29 is 32.6 Å². The summed E-state index contributed by atoms with van der Waals surface area (Å²) in [5.41, 5.74) is 4.72. The molecule has 10 heteroatoms. The van der Waals surface area contributed by atoms with Gasteiger partial charge in [-0.1, -0.05) is 6.07 Å². The van der Waals surface area contributed by atoms with E-state index in [1.807, 2.05) is 29.2 Å².